The van der Waals surface area contributed by atoms with Crippen LogP contribution in [0.1, 0.15) is 19.1 Å². The summed E-state index contributed by atoms with van der Waals surface area (Å²) in [6.07, 6.45) is -5.07. The normalized spacial score (nSPS) is 26.7. The Morgan fingerprint density at radius 1 is 1.57 bits per heavy atom. The lowest BCUT2D eigenvalue weighted by Gasteiger charge is -2.20. The number of aliphatic hydroxyl groups excluding tert-OH is 2. The van der Waals surface area contributed by atoms with Crippen molar-refractivity contribution in [2.45, 2.75) is 37.4 Å². The van der Waals surface area contributed by atoms with E-state index in [0.717, 1.165) is 4.57 Å². The molecule has 0 radical (unpaired) electrons. The number of hydrogen-bond donors (Lipinski definition) is 4. The van der Waals surface area contributed by atoms with Gasteiger partial charge in [0.15, 0.2) is 0 Å². The highest BCUT2D eigenvalue weighted by Crippen LogP contribution is 2.31. The van der Waals surface area contributed by atoms with Crippen molar-refractivity contribution in [3.8, 4) is 0 Å². The lowest BCUT2D eigenvalue weighted by atomic mass is 10.1. The molecule has 10 heteroatoms. The van der Waals surface area contributed by atoms with Crippen LogP contribution in [0.4, 0.5) is 0 Å². The third-order valence-corrected chi connectivity index (χ3v) is 3.95. The fraction of sp³-hybridized carbons (Fsp3) is 0.545. The molecule has 0 bridgehead atoms. The third-order valence-electron chi connectivity index (χ3n) is 3.12. The molecular formula is C11H13IN2O7. The molecule has 4 atom stereocenters. The lowest BCUT2D eigenvalue weighted by Crippen LogP contribution is -2.37. The van der Waals surface area contributed by atoms with Gasteiger partial charge in [-0.05, 0) is 22.6 Å². The van der Waals surface area contributed by atoms with Gasteiger partial charge in [-0.2, -0.15) is 0 Å². The Bertz CT molecular complexity index is 655. The van der Waals surface area contributed by atoms with Crippen LogP contribution in [0.15, 0.2) is 15.7 Å². The molecule has 21 heavy (non-hydrogen) atoms. The number of nitrogens with zero attached hydrogens (tertiary/aromatic N) is 1. The van der Waals surface area contributed by atoms with Crippen molar-refractivity contribution in [1.82, 2.24) is 9.55 Å². The molecule has 2 heterocycles. The molecule has 1 aliphatic heterocycles. The maximum atomic E-state index is 11.8. The molecule has 4 N–H and O–H groups in total. The number of nitrogens with one attached hydrogen (secondary N) is 1. The molecule has 116 valence electrons. The number of ether oxygens (including phenoxy) is 1. The summed E-state index contributed by atoms with van der Waals surface area (Å²) in [5, 5.41) is 28.2. The summed E-state index contributed by atoms with van der Waals surface area (Å²) in [5.41, 5.74) is -1.25. The Morgan fingerprint density at radius 2 is 2.24 bits per heavy atom. The summed E-state index contributed by atoms with van der Waals surface area (Å²) in [4.78, 5) is 35.6. The summed E-state index contributed by atoms with van der Waals surface area (Å²) < 4.78 is 6.85. The van der Waals surface area contributed by atoms with E-state index in [0.29, 0.717) is 3.70 Å². The minimum Gasteiger partial charge on any atom is -0.481 e. The van der Waals surface area contributed by atoms with E-state index >= 15 is 0 Å². The van der Waals surface area contributed by atoms with Crippen LogP contribution in [-0.4, -0.2) is 49.2 Å². The first-order valence-electron chi connectivity index (χ1n) is 6.04. The zero-order valence-corrected chi connectivity index (χ0v) is 12.8. The van der Waals surface area contributed by atoms with Gasteiger partial charge in [-0.25, -0.2) is 4.79 Å². The smallest absolute Gasteiger partial charge is 0.331 e. The van der Waals surface area contributed by atoms with Gasteiger partial charge in [-0.15, -0.1) is 0 Å². The van der Waals surface area contributed by atoms with E-state index in [-0.39, 0.29) is 6.42 Å². The van der Waals surface area contributed by atoms with Gasteiger partial charge in [-0.3, -0.25) is 19.1 Å². The van der Waals surface area contributed by atoms with E-state index < -0.39 is 48.2 Å². The highest BCUT2D eigenvalue weighted by atomic mass is 127. The van der Waals surface area contributed by atoms with Crippen molar-refractivity contribution < 1.29 is 24.9 Å². The first kappa shape index (κ1) is 16.1. The maximum absolute atomic E-state index is 11.8. The van der Waals surface area contributed by atoms with Gasteiger partial charge >= 0.3 is 11.7 Å². The Balaban J connectivity index is 2.24. The van der Waals surface area contributed by atoms with Crippen molar-refractivity contribution in [3.05, 3.63) is 30.6 Å². The van der Waals surface area contributed by atoms with Crippen LogP contribution in [0.5, 0.6) is 0 Å². The topological polar surface area (TPSA) is 142 Å². The quantitative estimate of drug-likeness (QED) is 0.353. The van der Waals surface area contributed by atoms with Crippen molar-refractivity contribution in [1.29, 1.82) is 0 Å². The summed E-state index contributed by atoms with van der Waals surface area (Å²) in [5.74, 6) is -1.22. The first-order chi connectivity index (χ1) is 9.79. The summed E-state index contributed by atoms with van der Waals surface area (Å²) in [6.45, 7) is 0. The number of hydrogen-bond acceptors (Lipinski definition) is 6. The number of aliphatic hydroxyl groups is 2. The maximum Gasteiger partial charge on any atom is 0.331 e. The van der Waals surface area contributed by atoms with E-state index in [9.17, 15) is 24.6 Å². The number of carboxylic acids is 1. The number of aromatic nitrogens is 2. The molecule has 1 saturated heterocycles. The molecule has 2 rings (SSSR count). The van der Waals surface area contributed by atoms with Crippen LogP contribution in [0.2, 0.25) is 0 Å². The SMILES string of the molecule is O=C(O)CC(O)[C@H]1O[C@@H](n2c(I)cc(=O)[nH]c2=O)C[C@@H]1O. The fourth-order valence-corrected chi connectivity index (χ4v) is 3.03. The van der Waals surface area contributed by atoms with Crippen LogP contribution in [0, 0.1) is 3.70 Å². The standard InChI is InChI=1S/C11H13IN2O7/c12-6-3-7(17)13-11(20)14(6)8-1-4(15)10(21-8)5(16)2-9(18)19/h3-5,8,10,15-16H,1-2H2,(H,18,19)(H,13,17,20)/t4-,5?,8+,10-/m0/s1. The number of rotatable bonds is 4. The highest BCUT2D eigenvalue weighted by molar-refractivity contribution is 14.1. The van der Waals surface area contributed by atoms with E-state index in [4.69, 9.17) is 9.84 Å². The van der Waals surface area contributed by atoms with Crippen molar-refractivity contribution in [2.24, 2.45) is 0 Å². The molecule has 0 amide bonds. The Labute approximate surface area is 131 Å². The van der Waals surface area contributed by atoms with E-state index in [1.807, 2.05) is 0 Å². The second-order valence-corrected chi connectivity index (χ2v) is 5.76. The zero-order valence-electron chi connectivity index (χ0n) is 10.6. The largest absolute Gasteiger partial charge is 0.481 e. The number of aromatic amines is 1. The number of carbonyl (C=O) groups is 1. The van der Waals surface area contributed by atoms with Gasteiger partial charge in [0.05, 0.1) is 22.3 Å². The van der Waals surface area contributed by atoms with Gasteiger partial charge in [0.2, 0.25) is 0 Å². The second kappa shape index (κ2) is 6.25. The minimum atomic E-state index is -1.39. The van der Waals surface area contributed by atoms with Crippen LogP contribution in [-0.2, 0) is 9.53 Å². The van der Waals surface area contributed by atoms with Crippen molar-refractivity contribution in [3.63, 3.8) is 0 Å². The molecule has 0 spiro atoms. The van der Waals surface area contributed by atoms with E-state index in [1.165, 1.54) is 6.07 Å². The van der Waals surface area contributed by atoms with Gasteiger partial charge in [-0.1, -0.05) is 0 Å². The molecule has 0 saturated carbocycles. The number of H-pyrrole nitrogens is 1. The molecule has 0 aliphatic carbocycles. The van der Waals surface area contributed by atoms with Crippen LogP contribution >= 0.6 is 22.6 Å². The lowest BCUT2D eigenvalue weighted by molar-refractivity contribution is -0.144. The second-order valence-electron chi connectivity index (χ2n) is 4.66. The Morgan fingerprint density at radius 3 is 2.81 bits per heavy atom. The number of aliphatic carboxylic acids is 1. The van der Waals surface area contributed by atoms with Gasteiger partial charge in [0.1, 0.15) is 12.3 Å². The highest BCUT2D eigenvalue weighted by Gasteiger charge is 2.40. The predicted molar refractivity (Wildman–Crippen MR) is 76.8 cm³/mol. The van der Waals surface area contributed by atoms with Crippen molar-refractivity contribution in [2.75, 3.05) is 0 Å². The third kappa shape index (κ3) is 3.51. The van der Waals surface area contributed by atoms with Crippen LogP contribution in [0.25, 0.3) is 0 Å². The van der Waals surface area contributed by atoms with Gasteiger partial charge < -0.3 is 20.1 Å². The molecule has 1 unspecified atom stereocenters. The summed E-state index contributed by atoms with van der Waals surface area (Å²) >= 11 is 1.78. The van der Waals surface area contributed by atoms with Crippen molar-refractivity contribution >= 4 is 28.6 Å². The van der Waals surface area contributed by atoms with Crippen LogP contribution in [0.3, 0.4) is 0 Å². The molecule has 9 nitrogen and oxygen atoms in total. The fourth-order valence-electron chi connectivity index (χ4n) is 2.22. The molecule has 1 aromatic heterocycles. The number of carboxylic acid groups (broad SMARTS) is 1. The molecule has 1 aliphatic rings. The van der Waals surface area contributed by atoms with Crippen LogP contribution < -0.4 is 11.2 Å². The zero-order chi connectivity index (χ0) is 15.7. The number of halogens is 1. The molecule has 1 aromatic rings. The summed E-state index contributed by atoms with van der Waals surface area (Å²) in [6, 6.07) is 1.19. The average Bonchev–Trinajstić information content (AvgIpc) is 2.68. The first-order valence-corrected chi connectivity index (χ1v) is 7.12. The van der Waals surface area contributed by atoms with Gasteiger partial charge in [0.25, 0.3) is 5.56 Å². The monoisotopic (exact) mass is 412 g/mol. The predicted octanol–water partition coefficient (Wildman–Crippen LogP) is -1.37. The minimum absolute atomic E-state index is 0.00327. The Kier molecular flexibility index (Phi) is 4.81. The summed E-state index contributed by atoms with van der Waals surface area (Å²) in [7, 11) is 0. The average molecular weight is 412 g/mol. The molecule has 1 fully saturated rings. The molecule has 0 aromatic carbocycles. The van der Waals surface area contributed by atoms with E-state index in [1.54, 1.807) is 22.6 Å². The van der Waals surface area contributed by atoms with E-state index in [2.05, 4.69) is 4.98 Å². The molecular weight excluding hydrogens is 399 g/mol. The Hall–Kier alpha value is -1.24. The van der Waals surface area contributed by atoms with Gasteiger partial charge in [0, 0.05) is 12.5 Å².